The first kappa shape index (κ1) is 28.3. The number of para-hydroxylation sites is 6. The van der Waals surface area contributed by atoms with Gasteiger partial charge in [-0.15, -0.1) is 0 Å². The Morgan fingerprint density at radius 2 is 1.09 bits per heavy atom. The lowest BCUT2D eigenvalue weighted by Crippen LogP contribution is -2.75. The largest absolute Gasteiger partial charge is 0.457 e. The van der Waals surface area contributed by atoms with E-state index in [1.54, 1.807) is 24.3 Å². The second-order valence-corrected chi connectivity index (χ2v) is 28.4. The van der Waals surface area contributed by atoms with Crippen molar-refractivity contribution in [3.05, 3.63) is 187 Å². The van der Waals surface area contributed by atoms with Crippen molar-refractivity contribution in [2.24, 2.45) is 0 Å². The van der Waals surface area contributed by atoms with Gasteiger partial charge in [-0.3, -0.25) is 8.97 Å². The van der Waals surface area contributed by atoms with E-state index in [0.717, 1.165) is 43.3 Å². The predicted octanol–water partition coefficient (Wildman–Crippen LogP) is 12.6. The average Bonchev–Trinajstić information content (AvgIpc) is 2.02. The third-order valence-corrected chi connectivity index (χ3v) is 28.5. The Bertz CT molecular complexity index is 3680. The lowest BCUT2D eigenvalue weighted by Gasteiger charge is -2.61. The molecule has 65 heavy (non-hydrogen) atoms. The average molecular weight is 912 g/mol. The number of rotatable bonds is 9. The molecule has 7 heteroatoms. The molecule has 0 atom stereocenters. The Labute approximate surface area is 406 Å². The van der Waals surface area contributed by atoms with Crippen LogP contribution in [0.1, 0.15) is 81.7 Å². The zero-order chi connectivity index (χ0) is 55.8. The molecule has 2 aromatic heterocycles. The van der Waals surface area contributed by atoms with Gasteiger partial charge in [-0.05, 0) is 74.2 Å². The number of imidazole rings is 2. The van der Waals surface area contributed by atoms with Crippen LogP contribution in [0.3, 0.4) is 0 Å². The first-order chi connectivity index (χ1) is 37.5. The van der Waals surface area contributed by atoms with E-state index in [1.165, 1.54) is 12.1 Å². The van der Waals surface area contributed by atoms with Crippen molar-refractivity contribution in [3.8, 4) is 17.2 Å². The van der Waals surface area contributed by atoms with Gasteiger partial charge >= 0.3 is 0 Å². The molecule has 1 aliphatic heterocycles. The quantitative estimate of drug-likeness (QED) is 0.107. The smallest absolute Gasteiger partial charge is 0.220 e. The summed E-state index contributed by atoms with van der Waals surface area (Å²) >= 11 is 0. The Morgan fingerprint density at radius 3 is 1.75 bits per heavy atom. The van der Waals surface area contributed by atoms with Gasteiger partial charge in [0.15, 0.2) is 8.07 Å². The van der Waals surface area contributed by atoms with Crippen LogP contribution < -0.4 is 25.5 Å². The van der Waals surface area contributed by atoms with E-state index in [2.05, 4.69) is 21.1 Å². The van der Waals surface area contributed by atoms with E-state index in [0.29, 0.717) is 11.0 Å². The number of hydrogen-bond acceptors (Lipinski definition) is 2. The molecule has 7 aromatic carbocycles. The van der Waals surface area contributed by atoms with Gasteiger partial charge in [0.1, 0.15) is 11.5 Å². The molecule has 324 valence electrons. The molecule has 4 nitrogen and oxygen atoms in total. The zero-order valence-electron chi connectivity index (χ0n) is 50.1. The molecule has 9 aromatic rings. The summed E-state index contributed by atoms with van der Waals surface area (Å²) in [7, 11) is -16.5. The summed E-state index contributed by atoms with van der Waals surface area (Å²) in [6.45, 7) is -14.5. The third-order valence-electron chi connectivity index (χ3n) is 15.0. The molecule has 0 amide bonds. The fourth-order valence-electron chi connectivity index (χ4n) is 12.2. The fourth-order valence-corrected chi connectivity index (χ4v) is 26.1. The van der Waals surface area contributed by atoms with Crippen LogP contribution in [0.5, 0.6) is 11.5 Å². The van der Waals surface area contributed by atoms with E-state index < -0.39 is 65.8 Å². The Kier molecular flexibility index (Phi) is 6.73. The summed E-state index contributed by atoms with van der Waals surface area (Å²) in [5, 5.41) is 2.96. The standard InChI is InChI=1S/C58H59N3OSi3/c1-63(2,43-24-11-12-25-43)58(64(3,4)44-26-13-14-27-44)48-33-15-20-39-54(48)62-56-49(58)34-22-40-55(56)65(45-28-7-5-8-29-45,46-30-9-6-10-31-46)47-32-21-23-42(41-47)60-52-37-18-19-38-53(52)61-51-36-17-16-35-50(51)59-57(60)61/h5-10,15-23,28-41,43-44H,11-14,24-27H2,1-4H3/i1D3,2D3,3D3,4D3,43D,44D. The van der Waals surface area contributed by atoms with Crippen molar-refractivity contribution in [1.82, 2.24) is 14.0 Å². The monoisotopic (exact) mass is 911 g/mol. The van der Waals surface area contributed by atoms with Gasteiger partial charge in [0, 0.05) is 40.7 Å². The fraction of sp³-hybridized carbons (Fsp3) is 0.259. The zero-order valence-corrected chi connectivity index (χ0v) is 39.1. The first-order valence-corrected chi connectivity index (χ1v) is 29.0. The molecule has 0 unspecified atom stereocenters. The van der Waals surface area contributed by atoms with Crippen LogP contribution in [0, 0.1) is 0 Å². The van der Waals surface area contributed by atoms with Gasteiger partial charge < -0.3 is 4.74 Å². The molecule has 0 N–H and O–H groups in total. The maximum absolute atomic E-state index is 10.9. The molecular formula is C58H59N3OSi3. The highest BCUT2D eigenvalue weighted by molar-refractivity contribution is 7.20. The third kappa shape index (κ3) is 5.74. The van der Waals surface area contributed by atoms with E-state index in [-0.39, 0.29) is 74.0 Å². The van der Waals surface area contributed by atoms with Gasteiger partial charge in [0.05, 0.1) is 38.2 Å². The van der Waals surface area contributed by atoms with Crippen LogP contribution >= 0.6 is 0 Å². The second kappa shape index (κ2) is 15.4. The minimum absolute atomic E-state index is 0.0294. The van der Waals surface area contributed by atoms with Crippen LogP contribution in [0.4, 0.5) is 0 Å². The number of fused-ring (bicyclic) bond motifs is 7. The van der Waals surface area contributed by atoms with Gasteiger partial charge in [0.2, 0.25) is 5.78 Å². The normalized spacial score (nSPS) is 21.8. The molecule has 3 heterocycles. The lowest BCUT2D eigenvalue weighted by molar-refractivity contribution is 0.449. The van der Waals surface area contributed by atoms with Crippen LogP contribution in [-0.4, -0.2) is 38.2 Å². The summed E-state index contributed by atoms with van der Waals surface area (Å²) in [6.07, 6.45) is 0.278. The first-order valence-electron chi connectivity index (χ1n) is 30.0. The lowest BCUT2D eigenvalue weighted by atomic mass is 9.98. The van der Waals surface area contributed by atoms with Crippen molar-refractivity contribution in [2.75, 3.05) is 0 Å². The summed E-state index contributed by atoms with van der Waals surface area (Å²) in [5.41, 5.74) is -0.717. The number of nitrogens with zero attached hydrogens (tertiary/aromatic N) is 3. The Morgan fingerprint density at radius 1 is 0.554 bits per heavy atom. The highest BCUT2D eigenvalue weighted by Gasteiger charge is 2.66. The minimum Gasteiger partial charge on any atom is -0.457 e. The molecule has 12 rings (SSSR count). The predicted molar refractivity (Wildman–Crippen MR) is 280 cm³/mol. The van der Waals surface area contributed by atoms with E-state index in [9.17, 15) is 19.2 Å². The van der Waals surface area contributed by atoms with Crippen LogP contribution in [-0.2, 0) is 4.66 Å². The van der Waals surface area contributed by atoms with Crippen molar-refractivity contribution in [2.45, 2.75) is 93.0 Å². The molecule has 2 aliphatic carbocycles. The summed E-state index contributed by atoms with van der Waals surface area (Å²) in [5.74, 6) is 0.566. The van der Waals surface area contributed by atoms with E-state index >= 15 is 0 Å². The maximum atomic E-state index is 10.9. The van der Waals surface area contributed by atoms with E-state index in [1.807, 2.05) is 127 Å². The topological polar surface area (TPSA) is 31.5 Å². The highest BCUT2D eigenvalue weighted by atomic mass is 28.4. The molecule has 3 aliphatic rings. The van der Waals surface area contributed by atoms with Crippen molar-refractivity contribution < 1.29 is 23.9 Å². The summed E-state index contributed by atoms with van der Waals surface area (Å²) in [4.78, 5) is 5.20. The number of hydrogen-bond donors (Lipinski definition) is 0. The van der Waals surface area contributed by atoms with Gasteiger partial charge in [-0.1, -0.05) is 211 Å². The molecule has 0 spiro atoms. The molecule has 2 saturated carbocycles. The van der Waals surface area contributed by atoms with Crippen LogP contribution in [0.25, 0.3) is 33.5 Å². The van der Waals surface area contributed by atoms with Gasteiger partial charge in [0.25, 0.3) is 0 Å². The highest BCUT2D eigenvalue weighted by Crippen LogP contribution is 2.64. The minimum atomic E-state index is -6.23. The van der Waals surface area contributed by atoms with Gasteiger partial charge in [-0.2, -0.15) is 0 Å². The molecule has 0 bridgehead atoms. The van der Waals surface area contributed by atoms with Crippen molar-refractivity contribution in [3.63, 3.8) is 0 Å². The Hall–Kier alpha value is -5.74. The van der Waals surface area contributed by atoms with Gasteiger partial charge in [-0.25, -0.2) is 4.98 Å². The maximum Gasteiger partial charge on any atom is 0.220 e. The second-order valence-electron chi connectivity index (χ2n) is 18.2. The summed E-state index contributed by atoms with van der Waals surface area (Å²) < 4.78 is 152. The molecule has 0 saturated heterocycles. The van der Waals surface area contributed by atoms with Crippen molar-refractivity contribution in [1.29, 1.82) is 0 Å². The molecular weight excluding hydrogens is 839 g/mol. The molecule has 2 fully saturated rings. The van der Waals surface area contributed by atoms with Crippen LogP contribution in [0.2, 0.25) is 36.9 Å². The number of aromatic nitrogens is 3. The SMILES string of the molecule is [2H]C([2H])([2H])[Si](C([2H])([2H])[2H])(C1([2H])CCCC1)C1([Si](C([2H])([2H])[2H])(C([2H])([2H])[2H])C2([2H])CCCC2)c2ccccc2Oc2c1cccc2[Si](c1ccccc1)(c1ccccc1)c1cccc(-n2c3ccccc3n3c4ccccc4nc23)c1. The van der Waals surface area contributed by atoms with E-state index in [4.69, 9.17) is 9.72 Å². The number of benzene rings is 7. The number of ether oxygens (including phenoxy) is 1. The Balaban J connectivity index is 1.31. The summed E-state index contributed by atoms with van der Waals surface area (Å²) in [6, 6.07) is 55.3. The molecule has 0 radical (unpaired) electrons. The van der Waals surface area contributed by atoms with Crippen molar-refractivity contribution >= 4 is 72.8 Å². The van der Waals surface area contributed by atoms with Crippen LogP contribution in [0.15, 0.2) is 176 Å².